The van der Waals surface area contributed by atoms with Crippen LogP contribution in [-0.2, 0) is 4.79 Å². The molecule has 4 rings (SSSR count). The van der Waals surface area contributed by atoms with Gasteiger partial charge in [0.15, 0.2) is 17.7 Å². The third-order valence-electron chi connectivity index (χ3n) is 3.61. The highest BCUT2D eigenvalue weighted by Gasteiger charge is 2.26. The predicted molar refractivity (Wildman–Crippen MR) is 81.3 cm³/mol. The molecule has 0 saturated carbocycles. The van der Waals surface area contributed by atoms with Crippen molar-refractivity contribution >= 4 is 17.3 Å². The molecule has 0 fully saturated rings. The van der Waals surface area contributed by atoms with Crippen molar-refractivity contribution < 1.29 is 14.3 Å². The van der Waals surface area contributed by atoms with Crippen molar-refractivity contribution in [1.29, 1.82) is 0 Å². The van der Waals surface area contributed by atoms with E-state index in [9.17, 15) is 4.79 Å². The third-order valence-corrected chi connectivity index (χ3v) is 3.61. The van der Waals surface area contributed by atoms with Crippen LogP contribution in [0.4, 0.5) is 5.69 Å². The van der Waals surface area contributed by atoms with Crippen molar-refractivity contribution in [1.82, 2.24) is 0 Å². The van der Waals surface area contributed by atoms with Gasteiger partial charge in [-0.25, -0.2) is 0 Å². The summed E-state index contributed by atoms with van der Waals surface area (Å²) in [6.07, 6.45) is -0.959. The quantitative estimate of drug-likeness (QED) is 0.834. The minimum atomic E-state index is -0.959. The Morgan fingerprint density at radius 3 is 2.64 bits per heavy atom. The molecule has 0 aromatic heterocycles. The highest BCUT2D eigenvalue weighted by Crippen LogP contribution is 2.38. The summed E-state index contributed by atoms with van der Waals surface area (Å²) in [7, 11) is 0. The van der Waals surface area contributed by atoms with Crippen molar-refractivity contribution in [3.63, 3.8) is 0 Å². The minimum absolute atomic E-state index is 0.170. The van der Waals surface area contributed by atoms with E-state index in [1.807, 2.05) is 36.4 Å². The zero-order valence-electron chi connectivity index (χ0n) is 11.6. The highest BCUT2D eigenvalue weighted by atomic mass is 16.7. The Kier molecular flexibility index (Phi) is 2.83. The van der Waals surface area contributed by atoms with Crippen LogP contribution in [0.15, 0.2) is 47.5 Å². The number of carbonyl (C=O) groups excluding carboxylic acids is 1. The fraction of sp³-hybridized carbons (Fsp3) is 0.125. The van der Waals surface area contributed by atoms with Crippen LogP contribution in [0.2, 0.25) is 0 Å². The lowest BCUT2D eigenvalue weighted by Gasteiger charge is -2.11. The molecule has 0 saturated heterocycles. The number of amides is 1. The van der Waals surface area contributed by atoms with Gasteiger partial charge in [-0.15, -0.1) is 0 Å². The van der Waals surface area contributed by atoms with Crippen LogP contribution < -0.4 is 20.5 Å². The number of hydrogen-bond acceptors (Lipinski definition) is 5. The van der Waals surface area contributed by atoms with E-state index < -0.39 is 6.17 Å². The van der Waals surface area contributed by atoms with Crippen molar-refractivity contribution in [2.45, 2.75) is 6.17 Å². The molecule has 1 atom stereocenters. The molecule has 1 amide bonds. The molecule has 0 aliphatic carbocycles. The zero-order chi connectivity index (χ0) is 15.1. The number of benzene rings is 2. The van der Waals surface area contributed by atoms with E-state index in [4.69, 9.17) is 15.2 Å². The Balaban J connectivity index is 1.94. The molecule has 2 aromatic rings. The number of nitrogens with zero attached hydrogens (tertiary/aromatic N) is 1. The van der Waals surface area contributed by atoms with Gasteiger partial charge < -0.3 is 20.5 Å². The van der Waals surface area contributed by atoms with Gasteiger partial charge in [0.05, 0.1) is 11.4 Å². The van der Waals surface area contributed by atoms with Gasteiger partial charge >= 0.3 is 0 Å². The second-order valence-electron chi connectivity index (χ2n) is 5.03. The fourth-order valence-corrected chi connectivity index (χ4v) is 2.54. The molecule has 2 heterocycles. The van der Waals surface area contributed by atoms with Crippen LogP contribution in [0.1, 0.15) is 11.1 Å². The second-order valence-corrected chi connectivity index (χ2v) is 5.03. The first-order chi connectivity index (χ1) is 10.7. The minimum Gasteiger partial charge on any atom is -0.454 e. The smallest absolute Gasteiger partial charge is 0.263 e. The van der Waals surface area contributed by atoms with Crippen LogP contribution in [0.5, 0.6) is 11.5 Å². The summed E-state index contributed by atoms with van der Waals surface area (Å²) in [5.41, 5.74) is 8.76. The maximum atomic E-state index is 12.0. The van der Waals surface area contributed by atoms with Crippen LogP contribution in [0, 0.1) is 0 Å². The average Bonchev–Trinajstić information content (AvgIpc) is 2.95. The summed E-state index contributed by atoms with van der Waals surface area (Å²) in [6, 6.07) is 13.2. The summed E-state index contributed by atoms with van der Waals surface area (Å²) in [4.78, 5) is 16.4. The van der Waals surface area contributed by atoms with Gasteiger partial charge in [-0.3, -0.25) is 9.79 Å². The number of hydrogen-bond donors (Lipinski definition) is 2. The second kappa shape index (κ2) is 4.85. The van der Waals surface area contributed by atoms with Crippen molar-refractivity contribution in [2.24, 2.45) is 10.7 Å². The first kappa shape index (κ1) is 12.8. The fourth-order valence-electron chi connectivity index (χ4n) is 2.54. The Bertz CT molecular complexity index is 787. The molecule has 0 spiro atoms. The van der Waals surface area contributed by atoms with E-state index in [-0.39, 0.29) is 12.7 Å². The average molecular weight is 295 g/mol. The molecule has 2 aliphatic heterocycles. The molecule has 2 aliphatic rings. The maximum Gasteiger partial charge on any atom is 0.263 e. The van der Waals surface area contributed by atoms with E-state index in [2.05, 4.69) is 10.3 Å². The van der Waals surface area contributed by atoms with Gasteiger partial charge in [0.2, 0.25) is 6.79 Å². The first-order valence-electron chi connectivity index (χ1n) is 6.86. The van der Waals surface area contributed by atoms with Crippen LogP contribution >= 0.6 is 0 Å². The van der Waals surface area contributed by atoms with E-state index in [1.165, 1.54) is 0 Å². The normalized spacial score (nSPS) is 19.0. The molecule has 6 heteroatoms. The van der Waals surface area contributed by atoms with Crippen molar-refractivity contribution in [3.05, 3.63) is 53.6 Å². The molecule has 2 aromatic carbocycles. The van der Waals surface area contributed by atoms with Crippen molar-refractivity contribution in [2.75, 3.05) is 12.1 Å². The topological polar surface area (TPSA) is 85.9 Å². The summed E-state index contributed by atoms with van der Waals surface area (Å²) in [6.45, 7) is 0.170. The lowest BCUT2D eigenvalue weighted by Crippen LogP contribution is -2.33. The number of rotatable bonds is 1. The summed E-state index contributed by atoms with van der Waals surface area (Å²) < 4.78 is 10.8. The van der Waals surface area contributed by atoms with E-state index in [1.54, 1.807) is 6.07 Å². The molecular weight excluding hydrogens is 282 g/mol. The number of aliphatic imine (C=N–C) groups is 1. The molecule has 6 nitrogen and oxygen atoms in total. The number of nitrogens with two attached hydrogens (primary N) is 1. The van der Waals surface area contributed by atoms with Gasteiger partial charge in [-0.1, -0.05) is 30.3 Å². The molecule has 22 heavy (non-hydrogen) atoms. The van der Waals surface area contributed by atoms with Gasteiger partial charge in [-0.05, 0) is 6.07 Å². The van der Waals surface area contributed by atoms with Gasteiger partial charge in [-0.2, -0.15) is 0 Å². The Morgan fingerprint density at radius 1 is 1.14 bits per heavy atom. The van der Waals surface area contributed by atoms with E-state index in [0.29, 0.717) is 22.9 Å². The number of anilines is 1. The number of nitrogens with one attached hydrogen (secondary N) is 1. The Labute approximate surface area is 126 Å². The highest BCUT2D eigenvalue weighted by molar-refractivity contribution is 6.20. The monoisotopic (exact) mass is 295 g/mol. The maximum absolute atomic E-state index is 12.0. The van der Waals surface area contributed by atoms with Crippen LogP contribution in [0.25, 0.3) is 0 Å². The number of ether oxygens (including phenoxy) is 2. The third kappa shape index (κ3) is 2.01. The van der Waals surface area contributed by atoms with Gasteiger partial charge in [0, 0.05) is 17.2 Å². The molecular formula is C16H13N3O3. The molecule has 0 bridgehead atoms. The summed E-state index contributed by atoms with van der Waals surface area (Å²) in [5.74, 6) is 0.875. The summed E-state index contributed by atoms with van der Waals surface area (Å²) >= 11 is 0. The summed E-state index contributed by atoms with van der Waals surface area (Å²) in [5, 5.41) is 2.79. The zero-order valence-corrected chi connectivity index (χ0v) is 11.6. The Hall–Kier alpha value is -2.86. The molecule has 110 valence electrons. The van der Waals surface area contributed by atoms with Crippen LogP contribution in [-0.4, -0.2) is 24.6 Å². The van der Waals surface area contributed by atoms with Crippen LogP contribution in [0.3, 0.4) is 0 Å². The lowest BCUT2D eigenvalue weighted by molar-refractivity contribution is -0.117. The predicted octanol–water partition coefficient (Wildman–Crippen LogP) is 1.49. The van der Waals surface area contributed by atoms with Gasteiger partial charge in [0.1, 0.15) is 0 Å². The first-order valence-corrected chi connectivity index (χ1v) is 6.86. The molecule has 1 unspecified atom stereocenters. The van der Waals surface area contributed by atoms with E-state index in [0.717, 1.165) is 11.1 Å². The molecule has 0 radical (unpaired) electrons. The van der Waals surface area contributed by atoms with Crippen molar-refractivity contribution in [3.8, 4) is 11.5 Å². The number of carbonyl (C=O) groups is 1. The lowest BCUT2D eigenvalue weighted by atomic mass is 10.00. The molecule has 3 N–H and O–H groups in total. The van der Waals surface area contributed by atoms with E-state index >= 15 is 0 Å². The Morgan fingerprint density at radius 2 is 1.86 bits per heavy atom. The standard InChI is InChI=1S/C16H13N3O3/c17-15-16(20)18-11-7-13-12(21-8-22-13)6-10(11)14(19-15)9-4-2-1-3-5-9/h1-7,15H,8,17H2,(H,18,20). The number of fused-ring (bicyclic) bond motifs is 2. The largest absolute Gasteiger partial charge is 0.454 e. The SMILES string of the molecule is NC1N=C(c2ccccc2)c2cc3c(cc2NC1=O)OCO3. The van der Waals surface area contributed by atoms with Gasteiger partial charge in [0.25, 0.3) is 5.91 Å².